The molecule has 2 atom stereocenters. The first kappa shape index (κ1) is 31.3. The molecule has 1 aliphatic heterocycles. The summed E-state index contributed by atoms with van der Waals surface area (Å²) >= 11 is 0. The summed E-state index contributed by atoms with van der Waals surface area (Å²) < 4.78 is 88.6. The summed E-state index contributed by atoms with van der Waals surface area (Å²) in [4.78, 5) is 21.5. The number of fused-ring (bicyclic) bond motifs is 1. The lowest BCUT2D eigenvalue weighted by Crippen LogP contribution is -2.55. The van der Waals surface area contributed by atoms with Crippen molar-refractivity contribution in [1.29, 1.82) is 0 Å². The van der Waals surface area contributed by atoms with Gasteiger partial charge in [0, 0.05) is 36.8 Å². The zero-order chi connectivity index (χ0) is 32.0. The minimum absolute atomic E-state index is 0.0340. The highest BCUT2D eigenvalue weighted by atomic mass is 19.4. The van der Waals surface area contributed by atoms with Crippen LogP contribution in [0.2, 0.25) is 0 Å². The molecular formula is C30H29F6N5O3. The van der Waals surface area contributed by atoms with Gasteiger partial charge in [-0.1, -0.05) is 12.1 Å². The molecule has 1 saturated heterocycles. The first-order valence-electron chi connectivity index (χ1n) is 13.7. The van der Waals surface area contributed by atoms with Crippen molar-refractivity contribution in [2.45, 2.75) is 38.3 Å². The summed E-state index contributed by atoms with van der Waals surface area (Å²) in [6, 6.07) is 9.81. The number of alkyl halides is 6. The van der Waals surface area contributed by atoms with E-state index in [2.05, 4.69) is 10.1 Å². The number of aliphatic hydroxyl groups is 1. The molecule has 0 aliphatic carbocycles. The smallest absolute Gasteiger partial charge is 0.433 e. The van der Waals surface area contributed by atoms with Crippen LogP contribution >= 0.6 is 0 Å². The van der Waals surface area contributed by atoms with Gasteiger partial charge >= 0.3 is 12.4 Å². The number of hydrogen-bond donors (Lipinski definition) is 1. The van der Waals surface area contributed by atoms with Crippen molar-refractivity contribution in [2.75, 3.05) is 33.4 Å². The molecule has 1 aliphatic rings. The van der Waals surface area contributed by atoms with Gasteiger partial charge in [0.1, 0.15) is 11.3 Å². The molecule has 0 radical (unpaired) electrons. The third-order valence-corrected chi connectivity index (χ3v) is 7.88. The average Bonchev–Trinajstić information content (AvgIpc) is 3.39. The van der Waals surface area contributed by atoms with Crippen molar-refractivity contribution in [2.24, 2.45) is 0 Å². The maximum Gasteiger partial charge on any atom is 0.433 e. The van der Waals surface area contributed by atoms with E-state index in [1.807, 2.05) is 0 Å². The van der Waals surface area contributed by atoms with E-state index >= 15 is 0 Å². The number of halogens is 6. The molecule has 0 bridgehead atoms. The number of carbonyl (C=O) groups is 1. The fourth-order valence-corrected chi connectivity index (χ4v) is 5.67. The number of rotatable bonds is 6. The third-order valence-electron chi connectivity index (χ3n) is 7.88. The average molecular weight is 622 g/mol. The normalized spacial score (nSPS) is 17.2. The summed E-state index contributed by atoms with van der Waals surface area (Å²) in [5, 5.41) is 14.0. The highest BCUT2D eigenvalue weighted by Crippen LogP contribution is 2.37. The van der Waals surface area contributed by atoms with Gasteiger partial charge in [-0.2, -0.15) is 31.4 Å². The number of aliphatic hydroxyl groups excluding tert-OH is 1. The van der Waals surface area contributed by atoms with Crippen LogP contribution in [-0.2, 0) is 12.4 Å². The molecule has 0 unspecified atom stereocenters. The number of piperazine rings is 1. The second-order valence-corrected chi connectivity index (χ2v) is 10.6. The van der Waals surface area contributed by atoms with Gasteiger partial charge in [0.15, 0.2) is 11.3 Å². The van der Waals surface area contributed by atoms with E-state index in [4.69, 9.17) is 4.74 Å². The SMILES string of the molecule is COc1ccc(-c2nc3c(C(=O)N4CCN([C@H](CO)c5cccc(C(F)(F)F)c5)C[C@H]4C)cnn3c(C(F)(F)F)c2C)cc1. The molecule has 1 amide bonds. The number of amides is 1. The minimum atomic E-state index is -4.81. The predicted octanol–water partition coefficient (Wildman–Crippen LogP) is 5.63. The topological polar surface area (TPSA) is 83.2 Å². The van der Waals surface area contributed by atoms with Gasteiger partial charge in [0.25, 0.3) is 5.91 Å². The fraction of sp³-hybridized carbons (Fsp3) is 0.367. The summed E-state index contributed by atoms with van der Waals surface area (Å²) in [6.45, 7) is 3.07. The molecule has 1 N–H and O–H groups in total. The first-order valence-corrected chi connectivity index (χ1v) is 13.7. The van der Waals surface area contributed by atoms with Crippen LogP contribution in [0.1, 0.15) is 45.7 Å². The summed E-state index contributed by atoms with van der Waals surface area (Å²) in [7, 11) is 1.46. The largest absolute Gasteiger partial charge is 0.497 e. The maximum atomic E-state index is 14.3. The lowest BCUT2D eigenvalue weighted by Gasteiger charge is -2.43. The van der Waals surface area contributed by atoms with E-state index in [0.717, 1.165) is 18.3 Å². The van der Waals surface area contributed by atoms with E-state index in [1.54, 1.807) is 36.1 Å². The molecule has 2 aromatic carbocycles. The van der Waals surface area contributed by atoms with Crippen LogP contribution < -0.4 is 4.74 Å². The molecule has 1 fully saturated rings. The Kier molecular flexibility index (Phi) is 8.33. The van der Waals surface area contributed by atoms with Gasteiger partial charge in [-0.15, -0.1) is 0 Å². The van der Waals surface area contributed by atoms with Crippen LogP contribution in [0.3, 0.4) is 0 Å². The molecule has 234 valence electrons. The van der Waals surface area contributed by atoms with E-state index < -0.39 is 48.2 Å². The Balaban J connectivity index is 1.46. The zero-order valence-electron chi connectivity index (χ0n) is 23.9. The van der Waals surface area contributed by atoms with Crippen LogP contribution in [-0.4, -0.2) is 74.8 Å². The quantitative estimate of drug-likeness (QED) is 0.281. The Bertz CT molecular complexity index is 1670. The van der Waals surface area contributed by atoms with Crippen LogP contribution in [0.5, 0.6) is 5.75 Å². The van der Waals surface area contributed by atoms with Gasteiger partial charge in [-0.05, 0) is 55.8 Å². The summed E-state index contributed by atoms with van der Waals surface area (Å²) in [5.41, 5.74) is -1.73. The molecule has 4 aromatic rings. The summed E-state index contributed by atoms with van der Waals surface area (Å²) in [6.07, 6.45) is -8.29. The zero-order valence-corrected chi connectivity index (χ0v) is 23.9. The van der Waals surface area contributed by atoms with Gasteiger partial charge in [-0.3, -0.25) is 9.69 Å². The van der Waals surface area contributed by atoms with Gasteiger partial charge < -0.3 is 14.7 Å². The number of aromatic nitrogens is 3. The Morgan fingerprint density at radius 3 is 2.36 bits per heavy atom. The highest BCUT2D eigenvalue weighted by molar-refractivity contribution is 6.00. The minimum Gasteiger partial charge on any atom is -0.497 e. The molecule has 5 rings (SSSR count). The molecule has 2 aromatic heterocycles. The maximum absolute atomic E-state index is 14.3. The predicted molar refractivity (Wildman–Crippen MR) is 148 cm³/mol. The Labute approximate surface area is 248 Å². The fourth-order valence-electron chi connectivity index (χ4n) is 5.67. The van der Waals surface area contributed by atoms with E-state index in [1.165, 1.54) is 31.1 Å². The Morgan fingerprint density at radius 1 is 1.07 bits per heavy atom. The number of benzene rings is 2. The van der Waals surface area contributed by atoms with Crippen molar-refractivity contribution in [3.8, 4) is 17.0 Å². The Morgan fingerprint density at radius 2 is 1.77 bits per heavy atom. The molecular weight excluding hydrogens is 592 g/mol. The second-order valence-electron chi connectivity index (χ2n) is 10.6. The number of nitrogens with zero attached hydrogens (tertiary/aromatic N) is 5. The van der Waals surface area contributed by atoms with E-state index in [-0.39, 0.29) is 47.7 Å². The van der Waals surface area contributed by atoms with Gasteiger partial charge in [-0.25, -0.2) is 9.50 Å². The number of carbonyl (C=O) groups excluding carboxylic acids is 1. The second kappa shape index (κ2) is 11.7. The van der Waals surface area contributed by atoms with E-state index in [9.17, 15) is 36.2 Å². The van der Waals surface area contributed by atoms with Crippen LogP contribution in [0.25, 0.3) is 16.9 Å². The van der Waals surface area contributed by atoms with E-state index in [0.29, 0.717) is 15.8 Å². The number of ether oxygens (including phenoxy) is 1. The van der Waals surface area contributed by atoms with Crippen molar-refractivity contribution in [3.63, 3.8) is 0 Å². The van der Waals surface area contributed by atoms with Crippen molar-refractivity contribution in [3.05, 3.63) is 82.7 Å². The summed E-state index contributed by atoms with van der Waals surface area (Å²) in [5.74, 6) is -0.0784. The van der Waals surface area contributed by atoms with Crippen LogP contribution in [0.4, 0.5) is 26.3 Å². The molecule has 8 nitrogen and oxygen atoms in total. The third kappa shape index (κ3) is 5.83. The van der Waals surface area contributed by atoms with Crippen LogP contribution in [0, 0.1) is 6.92 Å². The van der Waals surface area contributed by atoms with Gasteiger partial charge in [0.05, 0.1) is 37.2 Å². The highest BCUT2D eigenvalue weighted by Gasteiger charge is 2.40. The molecule has 14 heteroatoms. The molecule has 0 saturated carbocycles. The van der Waals surface area contributed by atoms with Crippen molar-refractivity contribution >= 4 is 11.6 Å². The van der Waals surface area contributed by atoms with Gasteiger partial charge in [0.2, 0.25) is 0 Å². The number of methoxy groups -OCH3 is 1. The standard InChI is InChI=1S/C30H29F6N5O3/c1-17-15-39(24(16-42)20-5-4-6-21(13-20)29(31,32)33)11-12-40(17)28(43)23-14-37-41-26(30(34,35)36)18(2)25(38-27(23)41)19-7-9-22(44-3)10-8-19/h4-10,13-14,17,24,42H,11-12,15-16H2,1-3H3/t17-,24-/m1/s1. The lowest BCUT2D eigenvalue weighted by molar-refractivity contribution is -0.143. The van der Waals surface area contributed by atoms with Crippen molar-refractivity contribution < 1.29 is 41.0 Å². The monoisotopic (exact) mass is 621 g/mol. The molecule has 44 heavy (non-hydrogen) atoms. The molecule has 3 heterocycles. The Hall–Kier alpha value is -4.17. The lowest BCUT2D eigenvalue weighted by atomic mass is 10.0. The number of hydrogen-bond acceptors (Lipinski definition) is 6. The molecule has 0 spiro atoms. The first-order chi connectivity index (χ1) is 20.7. The van der Waals surface area contributed by atoms with Crippen LogP contribution in [0.15, 0.2) is 54.7 Å². The van der Waals surface area contributed by atoms with Crippen molar-refractivity contribution in [1.82, 2.24) is 24.4 Å².